The number of anilines is 1. The molecule has 0 fully saturated rings. The van der Waals surface area contributed by atoms with Crippen molar-refractivity contribution >= 4 is 33.8 Å². The van der Waals surface area contributed by atoms with Gasteiger partial charge in [0.15, 0.2) is 0 Å². The Balaban J connectivity index is 2.89. The summed E-state index contributed by atoms with van der Waals surface area (Å²) >= 11 is 0. The zero-order chi connectivity index (χ0) is 17.9. The summed E-state index contributed by atoms with van der Waals surface area (Å²) in [5, 5.41) is 18.1. The number of aromatic nitrogens is 1. The topological polar surface area (TPSA) is 99.7 Å². The SMILES string of the molecule is C/C(=C(\CCO)SSCCCO)N(C=O)Cc1ccc(C)nc1N. The van der Waals surface area contributed by atoms with Crippen LogP contribution in [0.1, 0.15) is 31.0 Å². The molecule has 24 heavy (non-hydrogen) atoms. The predicted molar refractivity (Wildman–Crippen MR) is 101 cm³/mol. The van der Waals surface area contributed by atoms with E-state index in [4.69, 9.17) is 10.8 Å². The van der Waals surface area contributed by atoms with E-state index in [1.807, 2.05) is 26.0 Å². The van der Waals surface area contributed by atoms with E-state index in [1.54, 1.807) is 15.7 Å². The van der Waals surface area contributed by atoms with E-state index in [9.17, 15) is 9.90 Å². The monoisotopic (exact) mass is 371 g/mol. The average molecular weight is 372 g/mol. The molecule has 0 radical (unpaired) electrons. The van der Waals surface area contributed by atoms with Gasteiger partial charge >= 0.3 is 0 Å². The lowest BCUT2D eigenvalue weighted by atomic mass is 10.2. The number of hydrogen-bond donors (Lipinski definition) is 3. The Kier molecular flexibility index (Phi) is 9.85. The van der Waals surface area contributed by atoms with Gasteiger partial charge in [-0.2, -0.15) is 0 Å². The molecule has 0 aliphatic carbocycles. The Morgan fingerprint density at radius 3 is 2.71 bits per heavy atom. The van der Waals surface area contributed by atoms with Gasteiger partial charge in [-0.15, -0.1) is 0 Å². The van der Waals surface area contributed by atoms with Crippen LogP contribution in [0, 0.1) is 6.92 Å². The van der Waals surface area contributed by atoms with Crippen molar-refractivity contribution in [3.63, 3.8) is 0 Å². The Labute approximate surface area is 150 Å². The van der Waals surface area contributed by atoms with Gasteiger partial charge in [-0.25, -0.2) is 4.98 Å². The first-order valence-electron chi connectivity index (χ1n) is 7.68. The maximum Gasteiger partial charge on any atom is 0.214 e. The smallest absolute Gasteiger partial charge is 0.214 e. The number of allylic oxidation sites excluding steroid dienone is 1. The van der Waals surface area contributed by atoms with E-state index in [2.05, 4.69) is 4.98 Å². The van der Waals surface area contributed by atoms with Crippen molar-refractivity contribution < 1.29 is 15.0 Å². The Morgan fingerprint density at radius 1 is 1.38 bits per heavy atom. The van der Waals surface area contributed by atoms with Crippen molar-refractivity contribution in [2.45, 2.75) is 33.2 Å². The maximum atomic E-state index is 11.5. The number of aliphatic hydroxyl groups excluding tert-OH is 2. The number of hydrogen-bond acceptors (Lipinski definition) is 7. The zero-order valence-corrected chi connectivity index (χ0v) is 15.7. The first kappa shape index (κ1) is 20.8. The van der Waals surface area contributed by atoms with E-state index in [1.165, 1.54) is 10.8 Å². The number of nitrogens with two attached hydrogens (primary N) is 1. The number of aryl methyl sites for hydroxylation is 1. The Bertz CT molecular complexity index is 567. The van der Waals surface area contributed by atoms with Gasteiger partial charge in [-0.3, -0.25) is 4.79 Å². The number of nitrogens with zero attached hydrogens (tertiary/aromatic N) is 2. The Morgan fingerprint density at radius 2 is 2.12 bits per heavy atom. The largest absolute Gasteiger partial charge is 0.396 e. The van der Waals surface area contributed by atoms with Gasteiger partial charge in [0.1, 0.15) is 5.82 Å². The normalized spacial score (nSPS) is 12.0. The molecule has 134 valence electrons. The number of pyridine rings is 1. The molecule has 1 aromatic heterocycles. The average Bonchev–Trinajstić information content (AvgIpc) is 2.56. The molecule has 0 aliphatic rings. The molecule has 1 aromatic rings. The molecule has 8 heteroatoms. The number of aliphatic hydroxyl groups is 2. The summed E-state index contributed by atoms with van der Waals surface area (Å²) < 4.78 is 0. The van der Waals surface area contributed by atoms with E-state index in [-0.39, 0.29) is 13.2 Å². The second-order valence-corrected chi connectivity index (χ2v) is 7.71. The molecule has 0 spiro atoms. The van der Waals surface area contributed by atoms with Crippen LogP contribution in [0.3, 0.4) is 0 Å². The highest BCUT2D eigenvalue weighted by Gasteiger charge is 2.13. The number of nitrogen functional groups attached to an aromatic ring is 1. The van der Waals surface area contributed by atoms with Crippen molar-refractivity contribution in [3.05, 3.63) is 34.0 Å². The number of carbonyl (C=O) groups is 1. The molecule has 4 N–H and O–H groups in total. The number of rotatable bonds is 11. The molecule has 1 rings (SSSR count). The van der Waals surface area contributed by atoms with Gasteiger partial charge in [0, 0.05) is 47.2 Å². The predicted octanol–water partition coefficient (Wildman–Crippen LogP) is 2.31. The molecule has 0 unspecified atom stereocenters. The molecule has 0 saturated carbocycles. The lowest BCUT2D eigenvalue weighted by Gasteiger charge is -2.22. The van der Waals surface area contributed by atoms with Crippen LogP contribution in [-0.2, 0) is 11.3 Å². The van der Waals surface area contributed by atoms with Crippen LogP contribution in [0.15, 0.2) is 22.7 Å². The highest BCUT2D eigenvalue weighted by molar-refractivity contribution is 8.78. The lowest BCUT2D eigenvalue weighted by molar-refractivity contribution is -0.116. The Hall–Kier alpha value is -1.22. The minimum atomic E-state index is 0.0150. The van der Waals surface area contributed by atoms with Crippen molar-refractivity contribution in [2.75, 3.05) is 24.7 Å². The van der Waals surface area contributed by atoms with Gasteiger partial charge in [-0.1, -0.05) is 27.7 Å². The first-order valence-corrected chi connectivity index (χ1v) is 10.00. The number of carbonyl (C=O) groups excluding carboxylic acids is 1. The fourth-order valence-electron chi connectivity index (χ4n) is 1.94. The summed E-state index contributed by atoms with van der Waals surface area (Å²) in [6.45, 7) is 4.23. The van der Waals surface area contributed by atoms with E-state index < -0.39 is 0 Å². The second-order valence-electron chi connectivity index (χ2n) is 5.19. The zero-order valence-electron chi connectivity index (χ0n) is 14.1. The molecule has 0 atom stereocenters. The van der Waals surface area contributed by atoms with Gasteiger partial charge in [-0.05, 0) is 26.3 Å². The summed E-state index contributed by atoms with van der Waals surface area (Å²) in [7, 11) is 3.13. The van der Waals surface area contributed by atoms with Crippen LogP contribution in [0.25, 0.3) is 0 Å². The van der Waals surface area contributed by atoms with Crippen molar-refractivity contribution in [3.8, 4) is 0 Å². The van der Waals surface area contributed by atoms with E-state index in [0.717, 1.165) is 34.0 Å². The fourth-order valence-corrected chi connectivity index (χ4v) is 4.47. The number of amides is 1. The molecule has 1 amide bonds. The molecular weight excluding hydrogens is 346 g/mol. The fraction of sp³-hybridized carbons (Fsp3) is 0.500. The summed E-state index contributed by atoms with van der Waals surface area (Å²) in [6.07, 6.45) is 1.96. The minimum absolute atomic E-state index is 0.0150. The van der Waals surface area contributed by atoms with Crippen molar-refractivity contribution in [1.29, 1.82) is 0 Å². The second kappa shape index (κ2) is 11.4. The lowest BCUT2D eigenvalue weighted by Crippen LogP contribution is -2.21. The van der Waals surface area contributed by atoms with Gasteiger partial charge in [0.05, 0.1) is 6.54 Å². The molecule has 0 bridgehead atoms. The third-order valence-corrected chi connectivity index (χ3v) is 6.07. The summed E-state index contributed by atoms with van der Waals surface area (Å²) in [5.74, 6) is 1.22. The van der Waals surface area contributed by atoms with Crippen LogP contribution in [0.2, 0.25) is 0 Å². The maximum absolute atomic E-state index is 11.5. The first-order chi connectivity index (χ1) is 11.5. The quantitative estimate of drug-likeness (QED) is 0.312. The van der Waals surface area contributed by atoms with Crippen LogP contribution in [0.5, 0.6) is 0 Å². The molecule has 0 aromatic carbocycles. The molecule has 6 nitrogen and oxygen atoms in total. The van der Waals surface area contributed by atoms with Crippen LogP contribution >= 0.6 is 21.6 Å². The highest BCUT2D eigenvalue weighted by Crippen LogP contribution is 2.35. The van der Waals surface area contributed by atoms with Crippen LogP contribution < -0.4 is 5.73 Å². The molecule has 1 heterocycles. The minimum Gasteiger partial charge on any atom is -0.396 e. The van der Waals surface area contributed by atoms with Crippen molar-refractivity contribution in [1.82, 2.24) is 9.88 Å². The van der Waals surface area contributed by atoms with E-state index >= 15 is 0 Å². The summed E-state index contributed by atoms with van der Waals surface area (Å²) in [5.41, 5.74) is 8.34. The summed E-state index contributed by atoms with van der Waals surface area (Å²) in [6, 6.07) is 3.73. The van der Waals surface area contributed by atoms with Gasteiger partial charge in [0.25, 0.3) is 0 Å². The van der Waals surface area contributed by atoms with Gasteiger partial charge < -0.3 is 20.8 Å². The van der Waals surface area contributed by atoms with Crippen LogP contribution in [0.4, 0.5) is 5.82 Å². The third-order valence-electron chi connectivity index (χ3n) is 3.34. The molecule has 0 saturated heterocycles. The van der Waals surface area contributed by atoms with Gasteiger partial charge in [0.2, 0.25) is 6.41 Å². The molecule has 0 aliphatic heterocycles. The third kappa shape index (κ3) is 6.72. The van der Waals surface area contributed by atoms with Crippen molar-refractivity contribution in [2.24, 2.45) is 0 Å². The van der Waals surface area contributed by atoms with E-state index in [0.29, 0.717) is 25.2 Å². The highest BCUT2D eigenvalue weighted by atomic mass is 33.1. The van der Waals surface area contributed by atoms with Crippen LogP contribution in [-0.4, -0.2) is 45.5 Å². The molecular formula is C16H25N3O3S2. The standard InChI is InChI=1S/C16H25N3O3S2/c1-12-4-5-14(16(17)18-12)10-19(11-22)13(2)15(6-8-21)24-23-9-3-7-20/h4-5,11,20-21H,3,6-10H2,1-2H3,(H2,17,18)/b15-13-. The summed E-state index contributed by atoms with van der Waals surface area (Å²) in [4.78, 5) is 18.3.